The molecular weight excluding hydrogens is 429 g/mol. The summed E-state index contributed by atoms with van der Waals surface area (Å²) in [5, 5.41) is 6.72. The lowest BCUT2D eigenvalue weighted by Gasteiger charge is -2.32. The van der Waals surface area contributed by atoms with Crippen LogP contribution < -0.4 is 16.1 Å². The highest BCUT2D eigenvalue weighted by Crippen LogP contribution is 2.29. The third kappa shape index (κ3) is 5.49. The second-order valence-electron chi connectivity index (χ2n) is 9.54. The van der Waals surface area contributed by atoms with Gasteiger partial charge in [-0.15, -0.1) is 0 Å². The van der Waals surface area contributed by atoms with Crippen LogP contribution in [0.2, 0.25) is 0 Å². The molecule has 2 heterocycles. The van der Waals surface area contributed by atoms with Crippen LogP contribution in [0.4, 0.5) is 17.5 Å². The van der Waals surface area contributed by atoms with Gasteiger partial charge in [-0.2, -0.15) is 4.98 Å². The molecule has 4 rings (SSSR count). The Labute approximate surface area is 202 Å². The summed E-state index contributed by atoms with van der Waals surface area (Å²) in [5.41, 5.74) is 2.42. The van der Waals surface area contributed by atoms with E-state index in [4.69, 9.17) is 0 Å². The monoisotopic (exact) mass is 463 g/mol. The van der Waals surface area contributed by atoms with Gasteiger partial charge in [0.25, 0.3) is 5.91 Å². The summed E-state index contributed by atoms with van der Waals surface area (Å²) in [4.78, 5) is 40.2. The van der Waals surface area contributed by atoms with Crippen LogP contribution in [-0.4, -0.2) is 97.7 Å². The maximum Gasteiger partial charge on any atom is 0.253 e. The zero-order valence-corrected chi connectivity index (χ0v) is 20.5. The van der Waals surface area contributed by atoms with Crippen molar-refractivity contribution in [1.82, 2.24) is 24.7 Å². The minimum absolute atomic E-state index is 0.0360. The van der Waals surface area contributed by atoms with Crippen LogP contribution in [-0.2, 0) is 4.79 Å². The van der Waals surface area contributed by atoms with Crippen molar-refractivity contribution < 1.29 is 9.59 Å². The van der Waals surface area contributed by atoms with Crippen molar-refractivity contribution in [3.63, 3.8) is 0 Å². The maximum atomic E-state index is 12.8. The molecule has 180 valence electrons. The van der Waals surface area contributed by atoms with E-state index in [0.29, 0.717) is 11.5 Å². The molecule has 1 aliphatic carbocycles. The van der Waals surface area contributed by atoms with E-state index in [2.05, 4.69) is 32.5 Å². The number of nitrogens with zero attached hydrogens (tertiary/aromatic N) is 5. The first-order valence-electron chi connectivity index (χ1n) is 12.0. The molecule has 10 heteroatoms. The Bertz CT molecular complexity index is 1020. The van der Waals surface area contributed by atoms with Gasteiger partial charge in [0.2, 0.25) is 11.9 Å². The third-order valence-electron chi connectivity index (χ3n) is 6.75. The van der Waals surface area contributed by atoms with Crippen molar-refractivity contribution >= 4 is 42.6 Å². The van der Waals surface area contributed by atoms with Gasteiger partial charge in [0.15, 0.2) is 0 Å². The Hall–Kier alpha value is -3.14. The lowest BCUT2D eigenvalue weighted by molar-refractivity contribution is -0.132. The third-order valence-corrected chi connectivity index (χ3v) is 6.75. The van der Waals surface area contributed by atoms with Crippen LogP contribution in [0.3, 0.4) is 0 Å². The van der Waals surface area contributed by atoms with Crippen LogP contribution in [0, 0.1) is 5.92 Å². The molecule has 2 aliphatic rings. The fourth-order valence-corrected chi connectivity index (χ4v) is 4.60. The number of amides is 2. The Morgan fingerprint density at radius 3 is 2.47 bits per heavy atom. The summed E-state index contributed by atoms with van der Waals surface area (Å²) in [5.74, 6) is 1.40. The molecule has 0 bridgehead atoms. The topological polar surface area (TPSA) is 93.7 Å². The molecule has 2 amide bonds. The summed E-state index contributed by atoms with van der Waals surface area (Å²) in [6.45, 7) is 3.31. The van der Waals surface area contributed by atoms with Gasteiger partial charge in [0.05, 0.1) is 5.92 Å². The standard InChI is InChI=1S/C24H34BN7O2/c1-30(2)23(34)18-5-4-6-20(18)28-21-19(25)15-26-24(29-21)27-17-9-7-16(8-10-17)22(33)32-13-11-31(3)12-14-32/h7-10,15,18,20H,4-6,11-14,25H2,1-3H3,(H2,26,27,28,29)/t18-,20+/m0/s1. The fourth-order valence-electron chi connectivity index (χ4n) is 4.60. The molecule has 2 fully saturated rings. The summed E-state index contributed by atoms with van der Waals surface area (Å²) < 4.78 is 0. The maximum absolute atomic E-state index is 12.8. The zero-order valence-electron chi connectivity index (χ0n) is 20.5. The van der Waals surface area contributed by atoms with Crippen LogP contribution in [0.15, 0.2) is 30.5 Å². The lowest BCUT2D eigenvalue weighted by Crippen LogP contribution is -2.47. The second-order valence-corrected chi connectivity index (χ2v) is 9.54. The van der Waals surface area contributed by atoms with Crippen LogP contribution in [0.25, 0.3) is 0 Å². The van der Waals surface area contributed by atoms with E-state index >= 15 is 0 Å². The quantitative estimate of drug-likeness (QED) is 0.604. The average Bonchev–Trinajstić information content (AvgIpc) is 3.29. The van der Waals surface area contributed by atoms with Crippen LogP contribution in [0.1, 0.15) is 29.6 Å². The molecule has 0 radical (unpaired) electrons. The van der Waals surface area contributed by atoms with Gasteiger partial charge in [-0.25, -0.2) is 4.98 Å². The molecule has 9 nitrogen and oxygen atoms in total. The molecule has 2 aromatic rings. The molecule has 1 aromatic heterocycles. The Balaban J connectivity index is 1.41. The first kappa shape index (κ1) is 24.0. The van der Waals surface area contributed by atoms with Crippen LogP contribution in [0.5, 0.6) is 0 Å². The van der Waals surface area contributed by atoms with E-state index in [0.717, 1.165) is 62.4 Å². The molecule has 1 aromatic carbocycles. The van der Waals surface area contributed by atoms with Gasteiger partial charge in [-0.05, 0) is 49.6 Å². The molecule has 2 atom stereocenters. The number of nitrogens with one attached hydrogen (secondary N) is 2. The Kier molecular flexibility index (Phi) is 7.36. The van der Waals surface area contributed by atoms with Crippen molar-refractivity contribution in [1.29, 1.82) is 0 Å². The predicted octanol–water partition coefficient (Wildman–Crippen LogP) is 0.535. The summed E-state index contributed by atoms with van der Waals surface area (Å²) in [6.07, 6.45) is 4.64. The zero-order chi connectivity index (χ0) is 24.2. The van der Waals surface area contributed by atoms with Crippen molar-refractivity contribution in [3.05, 3.63) is 36.0 Å². The number of piperazine rings is 1. The van der Waals surface area contributed by atoms with E-state index < -0.39 is 0 Å². The van der Waals surface area contributed by atoms with Crippen molar-refractivity contribution in [2.45, 2.75) is 25.3 Å². The summed E-state index contributed by atoms with van der Waals surface area (Å²) in [7, 11) is 7.65. The normalized spacial score (nSPS) is 20.7. The molecule has 1 aliphatic heterocycles. The van der Waals surface area contributed by atoms with Gasteiger partial charge in [-0.1, -0.05) is 6.42 Å². The molecule has 1 saturated heterocycles. The average molecular weight is 463 g/mol. The first-order chi connectivity index (χ1) is 16.3. The Morgan fingerprint density at radius 2 is 1.79 bits per heavy atom. The molecule has 34 heavy (non-hydrogen) atoms. The fraction of sp³-hybridized carbons (Fsp3) is 0.500. The second kappa shape index (κ2) is 10.4. The Morgan fingerprint density at radius 1 is 1.09 bits per heavy atom. The number of carbonyl (C=O) groups is 2. The van der Waals surface area contributed by atoms with Gasteiger partial charge in [-0.3, -0.25) is 9.59 Å². The molecule has 2 N–H and O–H groups in total. The van der Waals surface area contributed by atoms with E-state index in [-0.39, 0.29) is 23.8 Å². The van der Waals surface area contributed by atoms with Crippen molar-refractivity contribution in [3.8, 4) is 0 Å². The van der Waals surface area contributed by atoms with Gasteiger partial charge in [0.1, 0.15) is 13.7 Å². The van der Waals surface area contributed by atoms with E-state index in [1.165, 1.54) is 0 Å². The number of hydrogen-bond acceptors (Lipinski definition) is 7. The minimum Gasteiger partial charge on any atom is -0.367 e. The van der Waals surface area contributed by atoms with E-state index in [1.807, 2.05) is 37.0 Å². The van der Waals surface area contributed by atoms with Crippen molar-refractivity contribution in [2.24, 2.45) is 5.92 Å². The number of anilines is 3. The molecule has 1 saturated carbocycles. The molecular formula is C24H34BN7O2. The number of rotatable bonds is 6. The largest absolute Gasteiger partial charge is 0.367 e. The van der Waals surface area contributed by atoms with Gasteiger partial charge >= 0.3 is 0 Å². The smallest absolute Gasteiger partial charge is 0.253 e. The molecule has 0 unspecified atom stereocenters. The number of hydrogen-bond donors (Lipinski definition) is 2. The van der Waals surface area contributed by atoms with Crippen molar-refractivity contribution in [2.75, 3.05) is 58.0 Å². The SMILES string of the molecule is Bc1cnc(Nc2ccc(C(=O)N3CCN(C)CC3)cc2)nc1N[C@@H]1CCC[C@@H]1C(=O)N(C)C. The highest BCUT2D eigenvalue weighted by atomic mass is 16.2. The predicted molar refractivity (Wildman–Crippen MR) is 137 cm³/mol. The lowest BCUT2D eigenvalue weighted by atomic mass is 9.97. The van der Waals surface area contributed by atoms with Gasteiger partial charge < -0.3 is 25.3 Å². The van der Waals surface area contributed by atoms with Crippen LogP contribution >= 0.6 is 0 Å². The number of likely N-dealkylation sites (N-methyl/N-ethyl adjacent to an activating group) is 1. The van der Waals surface area contributed by atoms with E-state index in [1.54, 1.807) is 25.2 Å². The summed E-state index contributed by atoms with van der Waals surface area (Å²) >= 11 is 0. The number of carbonyl (C=O) groups excluding carboxylic acids is 2. The van der Waals surface area contributed by atoms with Gasteiger partial charge in [0, 0.05) is 63.8 Å². The molecule has 0 spiro atoms. The number of benzene rings is 1. The first-order valence-corrected chi connectivity index (χ1v) is 12.0. The minimum atomic E-state index is -0.0360. The highest BCUT2D eigenvalue weighted by Gasteiger charge is 2.34. The number of aromatic nitrogens is 2. The highest BCUT2D eigenvalue weighted by molar-refractivity contribution is 6.35. The van der Waals surface area contributed by atoms with E-state index in [9.17, 15) is 9.59 Å². The summed E-state index contributed by atoms with van der Waals surface area (Å²) in [6, 6.07) is 7.50.